The normalized spacial score (nSPS) is 20.2. The van der Waals surface area contributed by atoms with Gasteiger partial charge in [0.1, 0.15) is 6.33 Å². The number of fused-ring (bicyclic) bond motifs is 1. The van der Waals surface area contributed by atoms with Gasteiger partial charge >= 0.3 is 6.03 Å². The molecule has 6 heteroatoms. The number of rotatable bonds is 0. The highest BCUT2D eigenvalue weighted by Crippen LogP contribution is 2.15. The minimum Gasteiger partial charge on any atom is -0.325 e. The third-order valence-corrected chi connectivity index (χ3v) is 3.54. The monoisotopic (exact) mass is 235 g/mol. The van der Waals surface area contributed by atoms with Gasteiger partial charge in [0.2, 0.25) is 0 Å². The van der Waals surface area contributed by atoms with Crippen molar-refractivity contribution in [1.29, 1.82) is 0 Å². The summed E-state index contributed by atoms with van der Waals surface area (Å²) in [7, 11) is 0. The number of aromatic nitrogens is 3. The highest BCUT2D eigenvalue weighted by Gasteiger charge is 2.26. The SMILES string of the molecule is O=C(N1CCCCC1)N1CCn2cnnc2C1. The first-order valence-electron chi connectivity index (χ1n) is 6.25. The third-order valence-electron chi connectivity index (χ3n) is 3.54. The fourth-order valence-corrected chi connectivity index (χ4v) is 2.51. The molecule has 0 N–H and O–H groups in total. The molecule has 0 spiro atoms. The molecular formula is C11H17N5O. The van der Waals surface area contributed by atoms with E-state index in [4.69, 9.17) is 0 Å². The van der Waals surface area contributed by atoms with Crippen molar-refractivity contribution in [2.45, 2.75) is 32.4 Å². The van der Waals surface area contributed by atoms with E-state index in [9.17, 15) is 4.79 Å². The Labute approximate surface area is 100 Å². The molecule has 2 aliphatic rings. The van der Waals surface area contributed by atoms with Gasteiger partial charge in [-0.2, -0.15) is 0 Å². The standard InChI is InChI=1S/C11H17N5O/c17-11(14-4-2-1-3-5-14)15-6-7-16-9-12-13-10(16)8-15/h9H,1-8H2. The van der Waals surface area contributed by atoms with E-state index in [2.05, 4.69) is 10.2 Å². The molecular weight excluding hydrogens is 218 g/mol. The maximum atomic E-state index is 12.3. The minimum absolute atomic E-state index is 0.166. The maximum Gasteiger partial charge on any atom is 0.320 e. The van der Waals surface area contributed by atoms with Crippen molar-refractivity contribution in [2.24, 2.45) is 0 Å². The van der Waals surface area contributed by atoms with E-state index in [1.807, 2.05) is 14.4 Å². The molecule has 0 atom stereocenters. The third kappa shape index (κ3) is 1.99. The minimum atomic E-state index is 0.166. The molecule has 2 aliphatic heterocycles. The van der Waals surface area contributed by atoms with Crippen molar-refractivity contribution in [1.82, 2.24) is 24.6 Å². The van der Waals surface area contributed by atoms with E-state index >= 15 is 0 Å². The zero-order valence-corrected chi connectivity index (χ0v) is 9.88. The Morgan fingerprint density at radius 2 is 1.88 bits per heavy atom. The van der Waals surface area contributed by atoms with Crippen molar-refractivity contribution in [2.75, 3.05) is 19.6 Å². The van der Waals surface area contributed by atoms with Gasteiger partial charge in [-0.25, -0.2) is 4.79 Å². The largest absolute Gasteiger partial charge is 0.325 e. The van der Waals surface area contributed by atoms with Crippen LogP contribution < -0.4 is 0 Å². The van der Waals surface area contributed by atoms with E-state index < -0.39 is 0 Å². The maximum absolute atomic E-state index is 12.3. The number of hydrogen-bond donors (Lipinski definition) is 0. The molecule has 1 fully saturated rings. The zero-order chi connectivity index (χ0) is 11.7. The molecule has 1 aromatic rings. The summed E-state index contributed by atoms with van der Waals surface area (Å²) in [5.74, 6) is 0.890. The molecule has 0 unspecified atom stereocenters. The molecule has 17 heavy (non-hydrogen) atoms. The first kappa shape index (κ1) is 10.6. The summed E-state index contributed by atoms with van der Waals surface area (Å²) in [5.41, 5.74) is 0. The van der Waals surface area contributed by atoms with Gasteiger partial charge < -0.3 is 14.4 Å². The molecule has 0 aromatic carbocycles. The van der Waals surface area contributed by atoms with Crippen LogP contribution >= 0.6 is 0 Å². The Hall–Kier alpha value is -1.59. The van der Waals surface area contributed by atoms with Crippen LogP contribution in [0.25, 0.3) is 0 Å². The zero-order valence-electron chi connectivity index (χ0n) is 9.88. The summed E-state index contributed by atoms with van der Waals surface area (Å²) in [6, 6.07) is 0.166. The molecule has 92 valence electrons. The van der Waals surface area contributed by atoms with Crippen LogP contribution in [0.2, 0.25) is 0 Å². The predicted molar refractivity (Wildman–Crippen MR) is 61.3 cm³/mol. The first-order chi connectivity index (χ1) is 8.34. The predicted octanol–water partition coefficient (Wildman–Crippen LogP) is 0.700. The molecule has 0 saturated carbocycles. The number of urea groups is 1. The summed E-state index contributed by atoms with van der Waals surface area (Å²) in [6.07, 6.45) is 5.25. The van der Waals surface area contributed by atoms with Crippen LogP contribution in [-0.4, -0.2) is 50.2 Å². The second-order valence-electron chi connectivity index (χ2n) is 4.69. The summed E-state index contributed by atoms with van der Waals surface area (Å²) >= 11 is 0. The van der Waals surface area contributed by atoms with E-state index in [0.29, 0.717) is 6.54 Å². The highest BCUT2D eigenvalue weighted by atomic mass is 16.2. The molecule has 1 aromatic heterocycles. The molecule has 0 aliphatic carbocycles. The Kier molecular flexibility index (Phi) is 2.70. The molecule has 0 bridgehead atoms. The fourth-order valence-electron chi connectivity index (χ4n) is 2.51. The van der Waals surface area contributed by atoms with Gasteiger partial charge in [0, 0.05) is 26.2 Å². The van der Waals surface area contributed by atoms with Crippen molar-refractivity contribution in [3.8, 4) is 0 Å². The van der Waals surface area contributed by atoms with Crippen LogP contribution in [-0.2, 0) is 13.1 Å². The highest BCUT2D eigenvalue weighted by molar-refractivity contribution is 5.74. The van der Waals surface area contributed by atoms with Gasteiger partial charge in [-0.05, 0) is 19.3 Å². The molecule has 6 nitrogen and oxygen atoms in total. The number of nitrogens with zero attached hydrogens (tertiary/aromatic N) is 5. The molecule has 3 heterocycles. The van der Waals surface area contributed by atoms with E-state index in [1.165, 1.54) is 6.42 Å². The fraction of sp³-hybridized carbons (Fsp3) is 0.727. The van der Waals surface area contributed by atoms with E-state index in [1.54, 1.807) is 6.33 Å². The van der Waals surface area contributed by atoms with Gasteiger partial charge in [-0.1, -0.05) is 0 Å². The summed E-state index contributed by atoms with van der Waals surface area (Å²) < 4.78 is 2.01. The number of piperidine rings is 1. The Morgan fingerprint density at radius 1 is 1.06 bits per heavy atom. The number of carbonyl (C=O) groups is 1. The van der Waals surface area contributed by atoms with Crippen LogP contribution in [0.15, 0.2) is 6.33 Å². The lowest BCUT2D eigenvalue weighted by Crippen LogP contribution is -2.48. The van der Waals surface area contributed by atoms with E-state index in [0.717, 1.165) is 44.8 Å². The van der Waals surface area contributed by atoms with Gasteiger partial charge in [-0.3, -0.25) is 0 Å². The van der Waals surface area contributed by atoms with Crippen molar-refractivity contribution in [3.63, 3.8) is 0 Å². The second kappa shape index (κ2) is 4.35. The van der Waals surface area contributed by atoms with Gasteiger partial charge in [0.05, 0.1) is 6.54 Å². The van der Waals surface area contributed by atoms with Crippen LogP contribution in [0.3, 0.4) is 0 Å². The van der Waals surface area contributed by atoms with Gasteiger partial charge in [-0.15, -0.1) is 10.2 Å². The van der Waals surface area contributed by atoms with E-state index in [-0.39, 0.29) is 6.03 Å². The lowest BCUT2D eigenvalue weighted by molar-refractivity contribution is 0.131. The lowest BCUT2D eigenvalue weighted by Gasteiger charge is -2.34. The Morgan fingerprint density at radius 3 is 2.71 bits per heavy atom. The average molecular weight is 235 g/mol. The molecule has 3 rings (SSSR count). The summed E-state index contributed by atoms with van der Waals surface area (Å²) in [5, 5.41) is 7.91. The smallest absolute Gasteiger partial charge is 0.320 e. The second-order valence-corrected chi connectivity index (χ2v) is 4.69. The molecule has 2 amide bonds. The Balaban J connectivity index is 1.67. The lowest BCUT2D eigenvalue weighted by atomic mass is 10.1. The van der Waals surface area contributed by atoms with Crippen molar-refractivity contribution in [3.05, 3.63) is 12.2 Å². The number of hydrogen-bond acceptors (Lipinski definition) is 3. The summed E-state index contributed by atoms with van der Waals surface area (Å²) in [6.45, 7) is 3.97. The van der Waals surface area contributed by atoms with Crippen molar-refractivity contribution < 1.29 is 4.79 Å². The topological polar surface area (TPSA) is 54.3 Å². The van der Waals surface area contributed by atoms with Crippen LogP contribution in [0.5, 0.6) is 0 Å². The van der Waals surface area contributed by atoms with Crippen molar-refractivity contribution >= 4 is 6.03 Å². The number of carbonyl (C=O) groups excluding carboxylic acids is 1. The van der Waals surface area contributed by atoms with Gasteiger partial charge in [0.15, 0.2) is 5.82 Å². The first-order valence-corrected chi connectivity index (χ1v) is 6.25. The van der Waals surface area contributed by atoms with Crippen LogP contribution in [0.4, 0.5) is 4.79 Å². The quantitative estimate of drug-likeness (QED) is 0.665. The number of likely N-dealkylation sites (tertiary alicyclic amines) is 1. The molecule has 0 radical (unpaired) electrons. The number of amides is 2. The Bertz CT molecular complexity index is 410. The summed E-state index contributed by atoms with van der Waals surface area (Å²) in [4.78, 5) is 16.1. The molecule has 1 saturated heterocycles. The van der Waals surface area contributed by atoms with Gasteiger partial charge in [0.25, 0.3) is 0 Å². The average Bonchev–Trinajstić information content (AvgIpc) is 2.86. The van der Waals surface area contributed by atoms with Crippen LogP contribution in [0, 0.1) is 0 Å². The van der Waals surface area contributed by atoms with Crippen LogP contribution in [0.1, 0.15) is 25.1 Å².